The molecule has 1 N–H and O–H groups in total. The topological polar surface area (TPSA) is 81.2 Å². The Bertz CT molecular complexity index is 1410. The number of rotatable bonds is 13. The Morgan fingerprint density at radius 1 is 1.11 bits per heavy atom. The van der Waals surface area contributed by atoms with Crippen molar-refractivity contribution in [3.05, 3.63) is 90.5 Å². The highest BCUT2D eigenvalue weighted by Gasteiger charge is 2.74. The van der Waals surface area contributed by atoms with E-state index in [1.165, 1.54) is 0 Å². The summed E-state index contributed by atoms with van der Waals surface area (Å²) >= 11 is 8.23. The number of aliphatic hydroxyl groups is 1. The number of hydrogen-bond acceptors (Lipinski definition) is 5. The van der Waals surface area contributed by atoms with Crippen LogP contribution in [0.3, 0.4) is 0 Å². The molecule has 2 aromatic rings. The smallest absolute Gasteiger partial charge is 0.251 e. The Balaban J connectivity index is 1.59. The fourth-order valence-corrected chi connectivity index (χ4v) is 9.91. The molecule has 7 atom stereocenters. The number of nitrogens with zero attached hydrogens (tertiary/aromatic N) is 3. The van der Waals surface area contributed by atoms with E-state index in [1.807, 2.05) is 56.3 Å². The monoisotopic (exact) mass is 635 g/mol. The van der Waals surface area contributed by atoms with Crippen LogP contribution in [0.4, 0.5) is 5.69 Å². The lowest BCUT2D eigenvalue weighted by Crippen LogP contribution is -2.58. The van der Waals surface area contributed by atoms with E-state index >= 15 is 0 Å². The Morgan fingerprint density at radius 2 is 1.80 bits per heavy atom. The summed E-state index contributed by atoms with van der Waals surface area (Å²) in [5, 5.41) is 11.0. The zero-order chi connectivity index (χ0) is 31.6. The second kappa shape index (κ2) is 13.5. The molecule has 0 radical (unpaired) electrons. The maximum atomic E-state index is 14.9. The fraction of sp³-hybridized carbons (Fsp3) is 0.457. The van der Waals surface area contributed by atoms with Gasteiger partial charge in [-0.05, 0) is 36.5 Å². The largest absolute Gasteiger partial charge is 0.394 e. The van der Waals surface area contributed by atoms with Gasteiger partial charge in [0.1, 0.15) is 6.04 Å². The maximum Gasteiger partial charge on any atom is 0.251 e. The molecule has 0 aromatic heterocycles. The molecule has 1 spiro atoms. The number of anilines is 1. The summed E-state index contributed by atoms with van der Waals surface area (Å²) in [7, 11) is 0. The predicted molar refractivity (Wildman–Crippen MR) is 177 cm³/mol. The van der Waals surface area contributed by atoms with Crippen molar-refractivity contribution in [2.45, 2.75) is 61.7 Å². The van der Waals surface area contributed by atoms with E-state index < -0.39 is 28.7 Å². The van der Waals surface area contributed by atoms with Crippen molar-refractivity contribution in [1.82, 2.24) is 9.80 Å². The standard InChI is InChI=1S/C35H42ClN3O4S/c1-5-19-37(21-24-13-9-8-10-14-24)32(41)29-28-17-18-35(44-28)30(29)33(42)39(27(22-40)23(4)7-3)31(35)34(43)38(20-6-2)26-16-12-11-15-25(26)36/h5-6,8-16,23,27-31,40H,1-2,7,17-22H2,3-4H3/t23-,27-,28+,29-,30-,31?,35?/m0/s1. The first-order valence-electron chi connectivity index (χ1n) is 15.4. The first-order chi connectivity index (χ1) is 21.2. The lowest BCUT2D eigenvalue weighted by atomic mass is 9.70. The van der Waals surface area contributed by atoms with Crippen LogP contribution in [0.15, 0.2) is 79.9 Å². The molecule has 0 saturated carbocycles. The number of hydrogen-bond donors (Lipinski definition) is 1. The molecule has 9 heteroatoms. The van der Waals surface area contributed by atoms with Crippen molar-refractivity contribution < 1.29 is 19.5 Å². The zero-order valence-electron chi connectivity index (χ0n) is 25.5. The Hall–Kier alpha value is -3.07. The predicted octanol–water partition coefficient (Wildman–Crippen LogP) is 5.57. The number of amides is 3. The highest BCUT2D eigenvalue weighted by atomic mass is 35.5. The normalized spacial score (nSPS) is 26.6. The van der Waals surface area contributed by atoms with Gasteiger partial charge in [-0.3, -0.25) is 14.4 Å². The van der Waals surface area contributed by atoms with Gasteiger partial charge in [0, 0.05) is 24.9 Å². The number of thioether (sulfide) groups is 1. The average Bonchev–Trinajstić information content (AvgIpc) is 3.68. The van der Waals surface area contributed by atoms with Gasteiger partial charge >= 0.3 is 0 Å². The summed E-state index contributed by atoms with van der Waals surface area (Å²) in [6.07, 6.45) is 5.46. The molecule has 2 bridgehead atoms. The fourth-order valence-electron chi connectivity index (χ4n) is 7.48. The van der Waals surface area contributed by atoms with Gasteiger partial charge in [0.25, 0.3) is 5.91 Å². The van der Waals surface area contributed by atoms with Gasteiger partial charge in [-0.1, -0.05) is 86.5 Å². The lowest BCUT2D eigenvalue weighted by Gasteiger charge is -2.41. The van der Waals surface area contributed by atoms with Crippen LogP contribution >= 0.6 is 23.4 Å². The molecule has 3 fully saturated rings. The summed E-state index contributed by atoms with van der Waals surface area (Å²) in [6, 6.07) is 15.5. The van der Waals surface area contributed by atoms with E-state index in [9.17, 15) is 19.5 Å². The van der Waals surface area contributed by atoms with E-state index in [0.29, 0.717) is 30.2 Å². The van der Waals surface area contributed by atoms with Crippen LogP contribution in [-0.2, 0) is 20.9 Å². The maximum absolute atomic E-state index is 14.9. The number of benzene rings is 2. The molecule has 2 unspecified atom stereocenters. The summed E-state index contributed by atoms with van der Waals surface area (Å²) in [4.78, 5) is 49.1. The quantitative estimate of drug-likeness (QED) is 0.291. The van der Waals surface area contributed by atoms with Crippen molar-refractivity contribution in [3.63, 3.8) is 0 Å². The molecular weight excluding hydrogens is 594 g/mol. The molecule has 0 aliphatic carbocycles. The second-order valence-electron chi connectivity index (χ2n) is 12.1. The van der Waals surface area contributed by atoms with Crippen LogP contribution in [0.5, 0.6) is 0 Å². The third kappa shape index (κ3) is 5.50. The highest BCUT2D eigenvalue weighted by molar-refractivity contribution is 8.02. The van der Waals surface area contributed by atoms with Gasteiger partial charge in [-0.15, -0.1) is 24.9 Å². The van der Waals surface area contributed by atoms with E-state index in [4.69, 9.17) is 11.6 Å². The number of fused-ring (bicyclic) bond motifs is 1. The third-order valence-corrected chi connectivity index (χ3v) is 12.0. The van der Waals surface area contributed by atoms with Gasteiger partial charge < -0.3 is 19.8 Å². The minimum Gasteiger partial charge on any atom is -0.394 e. The van der Waals surface area contributed by atoms with E-state index in [2.05, 4.69) is 13.2 Å². The van der Waals surface area contributed by atoms with Crippen LogP contribution in [-0.4, -0.2) is 74.4 Å². The van der Waals surface area contributed by atoms with Crippen molar-refractivity contribution in [3.8, 4) is 0 Å². The lowest BCUT2D eigenvalue weighted by molar-refractivity contribution is -0.146. The van der Waals surface area contributed by atoms with Crippen molar-refractivity contribution in [2.24, 2.45) is 17.8 Å². The average molecular weight is 636 g/mol. The minimum atomic E-state index is -0.864. The zero-order valence-corrected chi connectivity index (χ0v) is 27.1. The van der Waals surface area contributed by atoms with Gasteiger partial charge in [-0.2, -0.15) is 0 Å². The van der Waals surface area contributed by atoms with Crippen LogP contribution < -0.4 is 4.90 Å². The number of para-hydroxylation sites is 1. The number of carbonyl (C=O) groups is 3. The molecule has 3 heterocycles. The molecule has 44 heavy (non-hydrogen) atoms. The summed E-state index contributed by atoms with van der Waals surface area (Å²) in [6.45, 7) is 12.5. The first kappa shape index (κ1) is 32.3. The van der Waals surface area contributed by atoms with E-state index in [1.54, 1.807) is 50.7 Å². The molecule has 3 aliphatic rings. The highest BCUT2D eigenvalue weighted by Crippen LogP contribution is 2.67. The second-order valence-corrected chi connectivity index (χ2v) is 14.1. The van der Waals surface area contributed by atoms with E-state index in [0.717, 1.165) is 18.4 Å². The molecule has 234 valence electrons. The Kier molecular flexibility index (Phi) is 9.93. The van der Waals surface area contributed by atoms with Crippen LogP contribution in [0.25, 0.3) is 0 Å². The molecule has 3 aliphatic heterocycles. The van der Waals surface area contributed by atoms with Crippen LogP contribution in [0.2, 0.25) is 5.02 Å². The summed E-state index contributed by atoms with van der Waals surface area (Å²) in [5.41, 5.74) is 1.54. The van der Waals surface area contributed by atoms with Crippen LogP contribution in [0.1, 0.15) is 38.7 Å². The van der Waals surface area contributed by atoms with Crippen molar-refractivity contribution in [2.75, 3.05) is 24.6 Å². The number of halogens is 1. The molecule has 3 saturated heterocycles. The molecule has 2 aromatic carbocycles. The minimum absolute atomic E-state index is 0.0608. The molecule has 5 rings (SSSR count). The van der Waals surface area contributed by atoms with Gasteiger partial charge in [0.15, 0.2) is 0 Å². The van der Waals surface area contributed by atoms with Crippen molar-refractivity contribution >= 4 is 46.8 Å². The SMILES string of the molecule is C=CCN(Cc1ccccc1)C(=O)[C@@H]1[C@H]2C(=O)N([C@@H](CO)[C@@H](C)CC)C(C(=O)N(CC=C)c3ccccc3Cl)C23CC[C@H]1S3. The molecule has 7 nitrogen and oxygen atoms in total. The number of aliphatic hydroxyl groups excluding tert-OH is 1. The third-order valence-electron chi connectivity index (χ3n) is 9.70. The Labute approximate surface area is 269 Å². The number of carbonyl (C=O) groups excluding carboxylic acids is 3. The molecule has 3 amide bonds. The van der Waals surface area contributed by atoms with Crippen molar-refractivity contribution in [1.29, 1.82) is 0 Å². The number of likely N-dealkylation sites (tertiary alicyclic amines) is 1. The van der Waals surface area contributed by atoms with Crippen LogP contribution in [0, 0.1) is 17.8 Å². The first-order valence-corrected chi connectivity index (χ1v) is 16.7. The summed E-state index contributed by atoms with van der Waals surface area (Å²) in [5.74, 6) is -1.87. The van der Waals surface area contributed by atoms with Gasteiger partial charge in [0.05, 0.1) is 39.9 Å². The Morgan fingerprint density at radius 3 is 2.43 bits per heavy atom. The van der Waals surface area contributed by atoms with Gasteiger partial charge in [-0.25, -0.2) is 0 Å². The molecular formula is C35H42ClN3O4S. The van der Waals surface area contributed by atoms with Gasteiger partial charge in [0.2, 0.25) is 11.8 Å². The van der Waals surface area contributed by atoms with E-state index in [-0.39, 0.29) is 42.0 Å². The summed E-state index contributed by atoms with van der Waals surface area (Å²) < 4.78 is -0.798.